The molecule has 5 nitrogen and oxygen atoms in total. The summed E-state index contributed by atoms with van der Waals surface area (Å²) in [6, 6.07) is 13.2. The Balaban J connectivity index is 1.85. The number of benzene rings is 2. The van der Waals surface area contributed by atoms with Gasteiger partial charge in [0.05, 0.1) is 0 Å². The molecule has 0 bridgehead atoms. The monoisotopic (exact) mass is 338 g/mol. The van der Waals surface area contributed by atoms with Crippen LogP contribution in [0.5, 0.6) is 0 Å². The van der Waals surface area contributed by atoms with E-state index < -0.39 is 0 Å². The van der Waals surface area contributed by atoms with E-state index in [1.807, 2.05) is 43.3 Å². The highest BCUT2D eigenvalue weighted by Gasteiger charge is 2.23. The fourth-order valence-corrected chi connectivity index (χ4v) is 3.14. The van der Waals surface area contributed by atoms with Crippen LogP contribution in [0.25, 0.3) is 0 Å². The van der Waals surface area contributed by atoms with Crippen molar-refractivity contribution in [1.29, 1.82) is 0 Å². The molecule has 2 aromatic rings. The van der Waals surface area contributed by atoms with Crippen LogP contribution in [0, 0.1) is 6.92 Å². The molecule has 1 aliphatic rings. The summed E-state index contributed by atoms with van der Waals surface area (Å²) >= 11 is 0. The fourth-order valence-electron chi connectivity index (χ4n) is 3.14. The number of ether oxygens (including phenoxy) is 1. The Morgan fingerprint density at radius 3 is 2.76 bits per heavy atom. The maximum absolute atomic E-state index is 12.5. The van der Waals surface area contributed by atoms with Crippen molar-refractivity contribution in [1.82, 2.24) is 0 Å². The number of amides is 2. The van der Waals surface area contributed by atoms with Gasteiger partial charge in [0.25, 0.3) is 11.8 Å². The Hall–Kier alpha value is -2.66. The molecule has 0 aromatic heterocycles. The van der Waals surface area contributed by atoms with E-state index in [1.54, 1.807) is 11.0 Å². The molecule has 0 radical (unpaired) electrons. The number of carbonyl (C=O) groups excluding carboxylic acids is 2. The van der Waals surface area contributed by atoms with Crippen LogP contribution in [-0.2, 0) is 16.0 Å². The first kappa shape index (κ1) is 17.2. The van der Waals surface area contributed by atoms with Gasteiger partial charge in [-0.3, -0.25) is 9.59 Å². The molecule has 1 aliphatic heterocycles. The van der Waals surface area contributed by atoms with Crippen LogP contribution in [0.4, 0.5) is 11.4 Å². The molecule has 0 aliphatic carbocycles. The topological polar surface area (TPSA) is 58.6 Å². The van der Waals surface area contributed by atoms with Crippen molar-refractivity contribution in [3.05, 3.63) is 59.2 Å². The van der Waals surface area contributed by atoms with Crippen LogP contribution < -0.4 is 10.2 Å². The lowest BCUT2D eigenvalue weighted by atomic mass is 10.0. The lowest BCUT2D eigenvalue weighted by Gasteiger charge is -2.30. The lowest BCUT2D eigenvalue weighted by molar-refractivity contribution is -0.122. The van der Waals surface area contributed by atoms with Crippen LogP contribution in [0.2, 0.25) is 0 Å². The summed E-state index contributed by atoms with van der Waals surface area (Å²) in [7, 11) is 1.52. The third-order valence-electron chi connectivity index (χ3n) is 4.42. The molecular formula is C20H22N2O3. The molecule has 1 heterocycles. The summed E-state index contributed by atoms with van der Waals surface area (Å²) in [6.45, 7) is 2.64. The van der Waals surface area contributed by atoms with Crippen LogP contribution >= 0.6 is 0 Å². The number of nitrogens with one attached hydrogen (secondary N) is 1. The average Bonchev–Trinajstić information content (AvgIpc) is 2.61. The van der Waals surface area contributed by atoms with Crippen molar-refractivity contribution in [2.45, 2.75) is 19.8 Å². The third-order valence-corrected chi connectivity index (χ3v) is 4.42. The average molecular weight is 338 g/mol. The van der Waals surface area contributed by atoms with Gasteiger partial charge in [-0.2, -0.15) is 0 Å². The van der Waals surface area contributed by atoms with Crippen LogP contribution in [0.1, 0.15) is 27.9 Å². The number of aryl methyl sites for hydroxylation is 2. The Morgan fingerprint density at radius 1 is 1.20 bits per heavy atom. The first-order valence-corrected chi connectivity index (χ1v) is 8.39. The largest absolute Gasteiger partial charge is 0.375 e. The van der Waals surface area contributed by atoms with Gasteiger partial charge in [0.2, 0.25) is 0 Å². The maximum Gasteiger partial charge on any atom is 0.255 e. The summed E-state index contributed by atoms with van der Waals surface area (Å²) in [4.78, 5) is 26.5. The van der Waals surface area contributed by atoms with E-state index in [2.05, 4.69) is 5.32 Å². The second kappa shape index (κ2) is 7.49. The molecule has 25 heavy (non-hydrogen) atoms. The molecule has 130 valence electrons. The van der Waals surface area contributed by atoms with Crippen LogP contribution in [-0.4, -0.2) is 32.1 Å². The highest BCUT2D eigenvalue weighted by atomic mass is 16.5. The molecule has 5 heteroatoms. The number of hydrogen-bond acceptors (Lipinski definition) is 3. The fraction of sp³-hybridized carbons (Fsp3) is 0.300. The van der Waals surface area contributed by atoms with Gasteiger partial charge in [-0.1, -0.05) is 24.3 Å². The quantitative estimate of drug-likeness (QED) is 0.931. The van der Waals surface area contributed by atoms with Gasteiger partial charge in [0.1, 0.15) is 6.61 Å². The minimum absolute atomic E-state index is 0.0548. The predicted octanol–water partition coefficient (Wildman–Crippen LogP) is 3.17. The van der Waals surface area contributed by atoms with Gasteiger partial charge in [0.15, 0.2) is 0 Å². The third kappa shape index (κ3) is 3.72. The molecular weight excluding hydrogens is 316 g/mol. The Kier molecular flexibility index (Phi) is 5.14. The SMILES string of the molecule is COCC(=O)N1CCCc2ccc(NC(=O)c3ccccc3C)cc21. The van der Waals surface area contributed by atoms with Gasteiger partial charge < -0.3 is 15.0 Å². The molecule has 0 atom stereocenters. The van der Waals surface area contributed by atoms with E-state index in [9.17, 15) is 9.59 Å². The molecule has 1 N–H and O–H groups in total. The standard InChI is InChI=1S/C20H22N2O3/c1-14-6-3-4-8-17(14)20(24)21-16-10-9-15-7-5-11-22(18(15)12-16)19(23)13-25-2/h3-4,6,8-10,12H,5,7,11,13H2,1-2H3,(H,21,24). The van der Waals surface area contributed by atoms with Crippen molar-refractivity contribution in [2.75, 3.05) is 30.5 Å². The summed E-state index contributed by atoms with van der Waals surface area (Å²) < 4.78 is 4.98. The highest BCUT2D eigenvalue weighted by Crippen LogP contribution is 2.30. The zero-order valence-corrected chi connectivity index (χ0v) is 14.5. The van der Waals surface area contributed by atoms with E-state index in [0.29, 0.717) is 17.8 Å². The molecule has 0 saturated heterocycles. The molecule has 2 aromatic carbocycles. The van der Waals surface area contributed by atoms with Gasteiger partial charge >= 0.3 is 0 Å². The first-order chi connectivity index (χ1) is 12.1. The number of nitrogens with zero attached hydrogens (tertiary/aromatic N) is 1. The van der Waals surface area contributed by atoms with Crippen molar-refractivity contribution >= 4 is 23.2 Å². The van der Waals surface area contributed by atoms with E-state index in [-0.39, 0.29) is 18.4 Å². The summed E-state index contributed by atoms with van der Waals surface area (Å²) in [6.07, 6.45) is 1.86. The number of carbonyl (C=O) groups is 2. The molecule has 0 saturated carbocycles. The summed E-state index contributed by atoms with van der Waals surface area (Å²) in [5.41, 5.74) is 4.23. The van der Waals surface area contributed by atoms with Crippen molar-refractivity contribution in [3.63, 3.8) is 0 Å². The predicted molar refractivity (Wildman–Crippen MR) is 98.1 cm³/mol. The van der Waals surface area contributed by atoms with Crippen molar-refractivity contribution in [2.24, 2.45) is 0 Å². The minimum atomic E-state index is -0.149. The molecule has 0 unspecified atom stereocenters. The van der Waals surface area contributed by atoms with E-state index >= 15 is 0 Å². The molecule has 0 spiro atoms. The maximum atomic E-state index is 12.5. The lowest BCUT2D eigenvalue weighted by Crippen LogP contribution is -2.37. The summed E-state index contributed by atoms with van der Waals surface area (Å²) in [5.74, 6) is -0.213. The Morgan fingerprint density at radius 2 is 2.00 bits per heavy atom. The van der Waals surface area contributed by atoms with E-state index in [4.69, 9.17) is 4.74 Å². The first-order valence-electron chi connectivity index (χ1n) is 8.39. The zero-order valence-electron chi connectivity index (χ0n) is 14.5. The zero-order chi connectivity index (χ0) is 17.8. The van der Waals surface area contributed by atoms with Gasteiger partial charge in [-0.25, -0.2) is 0 Å². The molecule has 3 rings (SSSR count). The van der Waals surface area contributed by atoms with Crippen LogP contribution in [0.15, 0.2) is 42.5 Å². The second-order valence-electron chi connectivity index (χ2n) is 6.19. The Bertz CT molecular complexity index is 801. The number of methoxy groups -OCH3 is 1. The normalized spacial score (nSPS) is 13.3. The van der Waals surface area contributed by atoms with Crippen molar-refractivity contribution < 1.29 is 14.3 Å². The van der Waals surface area contributed by atoms with E-state index in [1.165, 1.54) is 7.11 Å². The molecule has 0 fully saturated rings. The number of anilines is 2. The number of fused-ring (bicyclic) bond motifs is 1. The Labute approximate surface area is 147 Å². The van der Waals surface area contributed by atoms with Crippen LogP contribution in [0.3, 0.4) is 0 Å². The van der Waals surface area contributed by atoms with Crippen molar-refractivity contribution in [3.8, 4) is 0 Å². The molecule has 2 amide bonds. The highest BCUT2D eigenvalue weighted by molar-refractivity contribution is 6.06. The summed E-state index contributed by atoms with van der Waals surface area (Å²) in [5, 5.41) is 2.93. The van der Waals surface area contributed by atoms with E-state index in [0.717, 1.165) is 29.7 Å². The van der Waals surface area contributed by atoms with Gasteiger partial charge in [0, 0.05) is 30.6 Å². The smallest absolute Gasteiger partial charge is 0.255 e. The number of rotatable bonds is 4. The second-order valence-corrected chi connectivity index (χ2v) is 6.19. The van der Waals surface area contributed by atoms with Gasteiger partial charge in [-0.15, -0.1) is 0 Å². The minimum Gasteiger partial charge on any atom is -0.375 e. The van der Waals surface area contributed by atoms with Gasteiger partial charge in [-0.05, 0) is 49.1 Å². The number of hydrogen-bond donors (Lipinski definition) is 1.